The molecule has 2 aromatic carbocycles. The quantitative estimate of drug-likeness (QED) is 0.731. The van der Waals surface area contributed by atoms with Crippen LogP contribution in [0, 0.1) is 6.92 Å². The Morgan fingerprint density at radius 1 is 1.21 bits per heavy atom. The molecule has 3 aromatic rings. The number of phenols is 1. The zero-order chi connectivity index (χ0) is 19.7. The third kappa shape index (κ3) is 3.64. The minimum atomic E-state index is -0.0625. The molecular formula is C22H23N3O3. The lowest BCUT2D eigenvalue weighted by atomic mass is 10.0. The molecule has 144 valence electrons. The molecule has 1 aliphatic rings. The highest BCUT2D eigenvalue weighted by Gasteiger charge is 2.22. The van der Waals surface area contributed by atoms with E-state index in [0.717, 1.165) is 34.5 Å². The molecule has 0 aliphatic carbocycles. The topological polar surface area (TPSA) is 78.5 Å². The molecule has 0 atom stereocenters. The van der Waals surface area contributed by atoms with E-state index in [0.29, 0.717) is 31.1 Å². The molecule has 0 bridgehead atoms. The average molecular weight is 377 g/mol. The van der Waals surface area contributed by atoms with Gasteiger partial charge in [0.25, 0.3) is 5.56 Å². The fourth-order valence-electron chi connectivity index (χ4n) is 3.52. The summed E-state index contributed by atoms with van der Waals surface area (Å²) in [6.07, 6.45) is 0.642. The van der Waals surface area contributed by atoms with E-state index in [1.807, 2.05) is 43.3 Å². The van der Waals surface area contributed by atoms with Crippen molar-refractivity contribution < 1.29 is 9.84 Å². The van der Waals surface area contributed by atoms with Gasteiger partial charge < -0.3 is 14.8 Å². The monoisotopic (exact) mass is 377 g/mol. The number of rotatable bonds is 4. The lowest BCUT2D eigenvalue weighted by molar-refractivity contribution is 0.237. The lowest BCUT2D eigenvalue weighted by Gasteiger charge is -2.28. The summed E-state index contributed by atoms with van der Waals surface area (Å²) in [5.41, 5.74) is 4.38. The molecule has 1 aliphatic heterocycles. The second-order valence-electron chi connectivity index (χ2n) is 7.16. The second kappa shape index (κ2) is 7.48. The van der Waals surface area contributed by atoms with Crippen molar-refractivity contribution in [3.63, 3.8) is 0 Å². The summed E-state index contributed by atoms with van der Waals surface area (Å²) < 4.78 is 5.14. The molecule has 4 rings (SSSR count). The summed E-state index contributed by atoms with van der Waals surface area (Å²) in [7, 11) is 1.57. The van der Waals surface area contributed by atoms with Crippen LogP contribution in [0.4, 0.5) is 0 Å². The zero-order valence-corrected chi connectivity index (χ0v) is 16.0. The summed E-state index contributed by atoms with van der Waals surface area (Å²) in [5, 5.41) is 10.2. The third-order valence-electron chi connectivity index (χ3n) is 5.16. The Morgan fingerprint density at radius 2 is 2.00 bits per heavy atom. The number of hydrogen-bond acceptors (Lipinski definition) is 5. The SMILES string of the molecule is COc1ccc(CN2CCc3c(nc(-c4ccc(C)cc4)[nH]c3=O)C2)c(O)c1. The Kier molecular flexibility index (Phi) is 4.88. The summed E-state index contributed by atoms with van der Waals surface area (Å²) in [6.45, 7) is 3.93. The first kappa shape index (κ1) is 18.3. The minimum absolute atomic E-state index is 0.0625. The van der Waals surface area contributed by atoms with Crippen LogP contribution in [-0.2, 0) is 19.5 Å². The molecule has 1 aromatic heterocycles. The predicted molar refractivity (Wildman–Crippen MR) is 108 cm³/mol. The molecule has 0 fully saturated rings. The Balaban J connectivity index is 1.59. The molecular weight excluding hydrogens is 354 g/mol. The molecule has 0 unspecified atom stereocenters. The van der Waals surface area contributed by atoms with Gasteiger partial charge in [-0.3, -0.25) is 9.69 Å². The highest BCUT2D eigenvalue weighted by atomic mass is 16.5. The van der Waals surface area contributed by atoms with Crippen molar-refractivity contribution in [1.29, 1.82) is 0 Å². The van der Waals surface area contributed by atoms with Crippen LogP contribution in [0.25, 0.3) is 11.4 Å². The van der Waals surface area contributed by atoms with Crippen molar-refractivity contribution in [2.24, 2.45) is 0 Å². The zero-order valence-electron chi connectivity index (χ0n) is 16.0. The number of aromatic amines is 1. The van der Waals surface area contributed by atoms with Gasteiger partial charge in [-0.05, 0) is 19.4 Å². The number of aromatic hydroxyl groups is 1. The van der Waals surface area contributed by atoms with Gasteiger partial charge in [0.15, 0.2) is 0 Å². The van der Waals surface area contributed by atoms with Gasteiger partial charge in [-0.15, -0.1) is 0 Å². The standard InChI is InChI=1S/C22H23N3O3/c1-14-3-5-15(6-4-14)21-23-19-13-25(10-9-18(19)22(27)24-21)12-16-7-8-17(28-2)11-20(16)26/h3-8,11,26H,9-10,12-13H2,1-2H3,(H,23,24,27). The Labute approximate surface area is 163 Å². The van der Waals surface area contributed by atoms with Gasteiger partial charge in [-0.1, -0.05) is 35.9 Å². The summed E-state index contributed by atoms with van der Waals surface area (Å²) in [6, 6.07) is 13.3. The van der Waals surface area contributed by atoms with Crippen LogP contribution in [0.15, 0.2) is 47.3 Å². The van der Waals surface area contributed by atoms with Crippen LogP contribution >= 0.6 is 0 Å². The van der Waals surface area contributed by atoms with Gasteiger partial charge in [-0.2, -0.15) is 0 Å². The number of methoxy groups -OCH3 is 1. The highest BCUT2D eigenvalue weighted by Crippen LogP contribution is 2.26. The number of aromatic nitrogens is 2. The van der Waals surface area contributed by atoms with Crippen LogP contribution in [-0.4, -0.2) is 33.6 Å². The van der Waals surface area contributed by atoms with Gasteiger partial charge in [0.2, 0.25) is 0 Å². The average Bonchev–Trinajstić information content (AvgIpc) is 2.69. The second-order valence-corrected chi connectivity index (χ2v) is 7.16. The van der Waals surface area contributed by atoms with E-state index in [2.05, 4.69) is 9.88 Å². The Hall–Kier alpha value is -3.12. The van der Waals surface area contributed by atoms with E-state index in [1.54, 1.807) is 13.2 Å². The van der Waals surface area contributed by atoms with Crippen molar-refractivity contribution in [1.82, 2.24) is 14.9 Å². The molecule has 6 heteroatoms. The van der Waals surface area contributed by atoms with Gasteiger partial charge in [0.05, 0.1) is 12.8 Å². The van der Waals surface area contributed by atoms with Gasteiger partial charge in [-0.25, -0.2) is 4.98 Å². The minimum Gasteiger partial charge on any atom is -0.507 e. The fraction of sp³-hybridized carbons (Fsp3) is 0.273. The molecule has 28 heavy (non-hydrogen) atoms. The maximum Gasteiger partial charge on any atom is 0.254 e. The first-order valence-corrected chi connectivity index (χ1v) is 9.31. The van der Waals surface area contributed by atoms with Gasteiger partial charge in [0.1, 0.15) is 17.3 Å². The highest BCUT2D eigenvalue weighted by molar-refractivity contribution is 5.55. The number of H-pyrrole nitrogens is 1. The molecule has 0 saturated heterocycles. The fourth-order valence-corrected chi connectivity index (χ4v) is 3.52. The van der Waals surface area contributed by atoms with E-state index >= 15 is 0 Å². The van der Waals surface area contributed by atoms with Gasteiger partial charge >= 0.3 is 0 Å². The molecule has 0 spiro atoms. The summed E-state index contributed by atoms with van der Waals surface area (Å²) >= 11 is 0. The van der Waals surface area contributed by atoms with Crippen molar-refractivity contribution in [2.75, 3.05) is 13.7 Å². The number of aryl methyl sites for hydroxylation is 1. The van der Waals surface area contributed by atoms with E-state index in [4.69, 9.17) is 9.72 Å². The first-order valence-electron chi connectivity index (χ1n) is 9.31. The smallest absolute Gasteiger partial charge is 0.254 e. The van der Waals surface area contributed by atoms with Crippen LogP contribution in [0.2, 0.25) is 0 Å². The summed E-state index contributed by atoms with van der Waals surface area (Å²) in [4.78, 5) is 22.4. The van der Waals surface area contributed by atoms with Crippen LogP contribution in [0.1, 0.15) is 22.4 Å². The molecule has 0 saturated carbocycles. The summed E-state index contributed by atoms with van der Waals surface area (Å²) in [5.74, 6) is 1.43. The number of benzene rings is 2. The van der Waals surface area contributed by atoms with Crippen molar-refractivity contribution in [3.05, 3.63) is 75.2 Å². The van der Waals surface area contributed by atoms with E-state index in [-0.39, 0.29) is 11.3 Å². The van der Waals surface area contributed by atoms with E-state index < -0.39 is 0 Å². The predicted octanol–water partition coefficient (Wildman–Crippen LogP) is 3.02. The van der Waals surface area contributed by atoms with E-state index in [1.165, 1.54) is 0 Å². The lowest BCUT2D eigenvalue weighted by Crippen LogP contribution is -2.35. The number of phenolic OH excluding ortho intramolecular Hbond substituents is 1. The number of ether oxygens (including phenoxy) is 1. The largest absolute Gasteiger partial charge is 0.507 e. The third-order valence-corrected chi connectivity index (χ3v) is 5.16. The molecule has 2 N–H and O–H groups in total. The molecule has 2 heterocycles. The molecule has 6 nitrogen and oxygen atoms in total. The first-order chi connectivity index (χ1) is 13.5. The van der Waals surface area contributed by atoms with Crippen LogP contribution < -0.4 is 10.3 Å². The Bertz CT molecular complexity index is 1060. The molecule has 0 amide bonds. The van der Waals surface area contributed by atoms with Crippen LogP contribution in [0.5, 0.6) is 11.5 Å². The Morgan fingerprint density at radius 3 is 2.71 bits per heavy atom. The van der Waals surface area contributed by atoms with Crippen molar-refractivity contribution in [2.45, 2.75) is 26.4 Å². The maximum atomic E-state index is 12.5. The van der Waals surface area contributed by atoms with Crippen molar-refractivity contribution in [3.8, 4) is 22.9 Å². The number of nitrogens with one attached hydrogen (secondary N) is 1. The normalized spacial score (nSPS) is 13.9. The number of fused-ring (bicyclic) bond motifs is 1. The van der Waals surface area contributed by atoms with Crippen LogP contribution in [0.3, 0.4) is 0 Å². The number of nitrogens with zero attached hydrogens (tertiary/aromatic N) is 2. The van der Waals surface area contributed by atoms with E-state index in [9.17, 15) is 9.90 Å². The van der Waals surface area contributed by atoms with Crippen molar-refractivity contribution >= 4 is 0 Å². The molecule has 0 radical (unpaired) electrons. The number of hydrogen-bond donors (Lipinski definition) is 2. The van der Waals surface area contributed by atoms with Gasteiger partial charge in [0, 0.05) is 42.4 Å². The maximum absolute atomic E-state index is 12.5.